The summed E-state index contributed by atoms with van der Waals surface area (Å²) in [5.41, 5.74) is 5.46. The molecule has 0 aliphatic carbocycles. The molecule has 3 N–H and O–H groups in total. The van der Waals surface area contributed by atoms with Crippen LogP contribution in [-0.4, -0.2) is 48.8 Å². The van der Waals surface area contributed by atoms with E-state index in [1.807, 2.05) is 14.0 Å². The van der Waals surface area contributed by atoms with Crippen molar-refractivity contribution in [1.82, 2.24) is 4.90 Å². The zero-order valence-electron chi connectivity index (χ0n) is 11.5. The molecule has 0 aromatic carbocycles. The van der Waals surface area contributed by atoms with Crippen LogP contribution in [0.4, 0.5) is 0 Å². The van der Waals surface area contributed by atoms with Gasteiger partial charge in [-0.05, 0) is 26.3 Å². The minimum atomic E-state index is 0.250. The van der Waals surface area contributed by atoms with Crippen molar-refractivity contribution in [2.45, 2.75) is 39.7 Å². The van der Waals surface area contributed by atoms with E-state index in [1.165, 1.54) is 0 Å². The highest BCUT2D eigenvalue weighted by Crippen LogP contribution is 2.02. The van der Waals surface area contributed by atoms with E-state index in [2.05, 4.69) is 23.9 Å². The molecule has 1 unspecified atom stereocenters. The fourth-order valence-electron chi connectivity index (χ4n) is 1.35. The summed E-state index contributed by atoms with van der Waals surface area (Å²) in [6, 6.07) is 0.250. The monoisotopic (exact) mass is 245 g/mol. The average molecular weight is 245 g/mol. The maximum absolute atomic E-state index is 8.48. The Kier molecular flexibility index (Phi) is 8.80. The number of amidine groups is 1. The third-order valence-electron chi connectivity index (χ3n) is 2.81. The largest absolute Gasteiger partial charge is 0.409 e. The summed E-state index contributed by atoms with van der Waals surface area (Å²) < 4.78 is 5.54. The van der Waals surface area contributed by atoms with Gasteiger partial charge in [-0.3, -0.25) is 0 Å². The van der Waals surface area contributed by atoms with Crippen molar-refractivity contribution in [3.63, 3.8) is 0 Å². The van der Waals surface area contributed by atoms with Gasteiger partial charge in [-0.15, -0.1) is 0 Å². The van der Waals surface area contributed by atoms with Gasteiger partial charge in [0.2, 0.25) is 0 Å². The maximum atomic E-state index is 8.48. The van der Waals surface area contributed by atoms with Gasteiger partial charge in [-0.1, -0.05) is 19.0 Å². The molecule has 0 heterocycles. The lowest BCUT2D eigenvalue weighted by atomic mass is 10.1. The van der Waals surface area contributed by atoms with Gasteiger partial charge < -0.3 is 20.6 Å². The molecule has 0 spiro atoms. The quantitative estimate of drug-likeness (QED) is 0.212. The molecular weight excluding hydrogens is 218 g/mol. The molecule has 17 heavy (non-hydrogen) atoms. The molecule has 0 saturated heterocycles. The van der Waals surface area contributed by atoms with Gasteiger partial charge in [0, 0.05) is 25.6 Å². The van der Waals surface area contributed by atoms with E-state index in [0.717, 1.165) is 26.2 Å². The normalized spacial score (nSPS) is 14.6. The smallest absolute Gasteiger partial charge is 0.140 e. The molecule has 0 aliphatic rings. The Labute approximate surface area is 105 Å². The summed E-state index contributed by atoms with van der Waals surface area (Å²) in [4.78, 5) is 2.15. The lowest BCUT2D eigenvalue weighted by Crippen LogP contribution is -2.35. The molecule has 5 heteroatoms. The molecule has 0 aromatic rings. The van der Waals surface area contributed by atoms with Crippen LogP contribution in [0.2, 0.25) is 0 Å². The van der Waals surface area contributed by atoms with Crippen molar-refractivity contribution < 1.29 is 9.94 Å². The Morgan fingerprint density at radius 2 is 2.00 bits per heavy atom. The first-order valence-corrected chi connectivity index (χ1v) is 6.21. The van der Waals surface area contributed by atoms with Gasteiger partial charge in [0.1, 0.15) is 5.84 Å². The molecule has 0 aromatic heterocycles. The maximum Gasteiger partial charge on any atom is 0.140 e. The van der Waals surface area contributed by atoms with Gasteiger partial charge in [-0.25, -0.2) is 0 Å². The number of hydrogen-bond acceptors (Lipinski definition) is 4. The third kappa shape index (κ3) is 8.94. The molecule has 1 atom stereocenters. The second-order valence-corrected chi connectivity index (χ2v) is 4.92. The number of nitrogens with two attached hydrogens (primary N) is 1. The van der Waals surface area contributed by atoms with Crippen LogP contribution < -0.4 is 5.73 Å². The van der Waals surface area contributed by atoms with Crippen LogP contribution in [-0.2, 0) is 4.74 Å². The van der Waals surface area contributed by atoms with Gasteiger partial charge in [0.25, 0.3) is 0 Å². The Hall–Kier alpha value is -0.810. The van der Waals surface area contributed by atoms with Crippen molar-refractivity contribution in [2.24, 2.45) is 16.8 Å². The highest BCUT2D eigenvalue weighted by Gasteiger charge is 2.10. The summed E-state index contributed by atoms with van der Waals surface area (Å²) in [6.07, 6.45) is 1.67. The molecule has 0 rings (SSSR count). The standard InChI is InChI=1S/C12H27N3O2/c1-10(2)5-7-17-8-6-15(4)11(3)9-12(13)14-16/h10-11,16H,5-9H2,1-4H3,(H2,13,14). The molecular formula is C12H27N3O2. The number of nitrogens with zero attached hydrogens (tertiary/aromatic N) is 2. The summed E-state index contributed by atoms with van der Waals surface area (Å²) >= 11 is 0. The van der Waals surface area contributed by atoms with Crippen LogP contribution in [0.3, 0.4) is 0 Å². The van der Waals surface area contributed by atoms with E-state index in [1.54, 1.807) is 0 Å². The zero-order valence-corrected chi connectivity index (χ0v) is 11.5. The van der Waals surface area contributed by atoms with Crippen molar-refractivity contribution >= 4 is 5.84 Å². The molecule has 0 fully saturated rings. The Bertz CT molecular complexity index is 220. The van der Waals surface area contributed by atoms with Crippen LogP contribution in [0.1, 0.15) is 33.6 Å². The van der Waals surface area contributed by atoms with E-state index in [9.17, 15) is 0 Å². The SMILES string of the molecule is CC(C)CCOCCN(C)C(C)CC(N)=NO. The predicted molar refractivity (Wildman–Crippen MR) is 70.4 cm³/mol. The average Bonchev–Trinajstić information content (AvgIpc) is 2.27. The van der Waals surface area contributed by atoms with E-state index in [0.29, 0.717) is 12.3 Å². The lowest BCUT2D eigenvalue weighted by molar-refractivity contribution is 0.0942. The van der Waals surface area contributed by atoms with E-state index in [-0.39, 0.29) is 11.9 Å². The minimum Gasteiger partial charge on any atom is -0.409 e. The highest BCUT2D eigenvalue weighted by molar-refractivity contribution is 5.80. The Balaban J connectivity index is 3.60. The second kappa shape index (κ2) is 9.24. The van der Waals surface area contributed by atoms with E-state index < -0.39 is 0 Å². The van der Waals surface area contributed by atoms with Crippen molar-refractivity contribution in [2.75, 3.05) is 26.8 Å². The number of likely N-dealkylation sites (N-methyl/N-ethyl adjacent to an activating group) is 1. The second-order valence-electron chi connectivity index (χ2n) is 4.92. The minimum absolute atomic E-state index is 0.250. The number of oxime groups is 1. The van der Waals surface area contributed by atoms with Gasteiger partial charge in [0.05, 0.1) is 6.61 Å². The number of hydrogen-bond donors (Lipinski definition) is 2. The van der Waals surface area contributed by atoms with E-state index in [4.69, 9.17) is 15.7 Å². The van der Waals surface area contributed by atoms with E-state index >= 15 is 0 Å². The summed E-state index contributed by atoms with van der Waals surface area (Å²) in [6.45, 7) is 8.83. The zero-order chi connectivity index (χ0) is 13.3. The molecule has 0 aliphatic heterocycles. The Morgan fingerprint density at radius 3 is 2.53 bits per heavy atom. The predicted octanol–water partition coefficient (Wildman–Crippen LogP) is 1.51. The highest BCUT2D eigenvalue weighted by atomic mass is 16.5. The molecule has 5 nitrogen and oxygen atoms in total. The van der Waals surface area contributed by atoms with Crippen molar-refractivity contribution in [3.05, 3.63) is 0 Å². The summed E-state index contributed by atoms with van der Waals surface area (Å²) in [7, 11) is 2.02. The van der Waals surface area contributed by atoms with Gasteiger partial charge in [0.15, 0.2) is 0 Å². The summed E-state index contributed by atoms with van der Waals surface area (Å²) in [5, 5.41) is 11.5. The first kappa shape index (κ1) is 16.2. The fourth-order valence-corrected chi connectivity index (χ4v) is 1.35. The van der Waals surface area contributed by atoms with Crippen molar-refractivity contribution in [3.8, 4) is 0 Å². The van der Waals surface area contributed by atoms with Gasteiger partial charge in [-0.2, -0.15) is 0 Å². The Morgan fingerprint density at radius 1 is 1.35 bits per heavy atom. The number of ether oxygens (including phenoxy) is 1. The van der Waals surface area contributed by atoms with Crippen LogP contribution in [0.15, 0.2) is 5.16 Å². The van der Waals surface area contributed by atoms with Gasteiger partial charge >= 0.3 is 0 Å². The van der Waals surface area contributed by atoms with Crippen LogP contribution in [0.25, 0.3) is 0 Å². The lowest BCUT2D eigenvalue weighted by Gasteiger charge is -2.24. The topological polar surface area (TPSA) is 71.1 Å². The molecule has 0 amide bonds. The van der Waals surface area contributed by atoms with Crippen LogP contribution >= 0.6 is 0 Å². The van der Waals surface area contributed by atoms with Crippen molar-refractivity contribution in [1.29, 1.82) is 0 Å². The first-order chi connectivity index (χ1) is 7.97. The fraction of sp³-hybridized carbons (Fsp3) is 0.917. The number of rotatable bonds is 9. The first-order valence-electron chi connectivity index (χ1n) is 6.21. The van der Waals surface area contributed by atoms with Crippen LogP contribution in [0, 0.1) is 5.92 Å². The molecule has 0 radical (unpaired) electrons. The molecule has 0 saturated carbocycles. The molecule has 0 bridgehead atoms. The third-order valence-corrected chi connectivity index (χ3v) is 2.81. The summed E-state index contributed by atoms with van der Waals surface area (Å²) in [5.74, 6) is 0.956. The molecule has 102 valence electrons. The van der Waals surface area contributed by atoms with Crippen LogP contribution in [0.5, 0.6) is 0 Å².